The molecule has 1 saturated carbocycles. The van der Waals surface area contributed by atoms with Crippen LogP contribution in [-0.2, 0) is 0 Å². The second kappa shape index (κ2) is 4.69. The van der Waals surface area contributed by atoms with Crippen LogP contribution in [0.15, 0.2) is 33.6 Å². The molecule has 1 nitrogen and oxygen atoms in total. The summed E-state index contributed by atoms with van der Waals surface area (Å²) < 4.78 is 1.14. The Morgan fingerprint density at radius 3 is 2.50 bits per heavy atom. The minimum atomic E-state index is 0.433. The number of hydrogen-bond donors (Lipinski definition) is 1. The Labute approximate surface area is 97.6 Å². The minimum Gasteiger partial charge on any atom is -0.328 e. The Balaban J connectivity index is 1.94. The van der Waals surface area contributed by atoms with Gasteiger partial charge in [-0.2, -0.15) is 0 Å². The van der Waals surface area contributed by atoms with E-state index in [1.165, 1.54) is 24.2 Å². The number of nitrogens with two attached hydrogens (primary N) is 1. The summed E-state index contributed by atoms with van der Waals surface area (Å²) in [6.07, 6.45) is 3.62. The molecule has 1 aliphatic carbocycles. The van der Waals surface area contributed by atoms with Gasteiger partial charge in [0.1, 0.15) is 0 Å². The molecule has 2 unspecified atom stereocenters. The summed E-state index contributed by atoms with van der Waals surface area (Å²) in [5, 5.41) is 0.728. The molecule has 0 aromatic heterocycles. The third-order valence-electron chi connectivity index (χ3n) is 2.54. The molecule has 0 spiro atoms. The van der Waals surface area contributed by atoms with Crippen molar-refractivity contribution in [3.63, 3.8) is 0 Å². The number of benzene rings is 1. The predicted octanol–water partition coefficient (Wildman–Crippen LogP) is 3.42. The predicted molar refractivity (Wildman–Crippen MR) is 65.6 cm³/mol. The van der Waals surface area contributed by atoms with Crippen LogP contribution in [-0.4, -0.2) is 11.3 Å². The van der Waals surface area contributed by atoms with Gasteiger partial charge in [0.15, 0.2) is 0 Å². The first-order valence-electron chi connectivity index (χ1n) is 4.92. The highest BCUT2D eigenvalue weighted by atomic mass is 79.9. The van der Waals surface area contributed by atoms with Crippen molar-refractivity contribution in [1.82, 2.24) is 0 Å². The fourth-order valence-corrected chi connectivity index (χ4v) is 3.33. The summed E-state index contributed by atoms with van der Waals surface area (Å²) in [4.78, 5) is 1.35. The molecule has 0 heterocycles. The molecule has 1 aromatic rings. The molecule has 0 amide bonds. The molecular weight excluding hydrogens is 258 g/mol. The SMILES string of the molecule is NC1CCC(Sc2ccc(Br)cc2)C1. The van der Waals surface area contributed by atoms with Crippen LogP contribution < -0.4 is 5.73 Å². The van der Waals surface area contributed by atoms with Gasteiger partial charge in [0.05, 0.1) is 0 Å². The van der Waals surface area contributed by atoms with Gasteiger partial charge in [0.25, 0.3) is 0 Å². The van der Waals surface area contributed by atoms with Crippen molar-refractivity contribution in [2.24, 2.45) is 5.73 Å². The van der Waals surface area contributed by atoms with Gasteiger partial charge >= 0.3 is 0 Å². The average molecular weight is 272 g/mol. The normalized spacial score (nSPS) is 26.7. The van der Waals surface area contributed by atoms with Gasteiger partial charge in [-0.15, -0.1) is 11.8 Å². The summed E-state index contributed by atoms with van der Waals surface area (Å²) in [5.41, 5.74) is 5.88. The largest absolute Gasteiger partial charge is 0.328 e. The maximum absolute atomic E-state index is 5.88. The van der Waals surface area contributed by atoms with E-state index < -0.39 is 0 Å². The number of thioether (sulfide) groups is 1. The topological polar surface area (TPSA) is 26.0 Å². The third kappa shape index (κ3) is 2.75. The lowest BCUT2D eigenvalue weighted by Crippen LogP contribution is -2.15. The molecule has 1 fully saturated rings. The van der Waals surface area contributed by atoms with E-state index >= 15 is 0 Å². The molecule has 3 heteroatoms. The zero-order valence-corrected chi connectivity index (χ0v) is 10.4. The highest BCUT2D eigenvalue weighted by Crippen LogP contribution is 2.34. The third-order valence-corrected chi connectivity index (χ3v) is 4.38. The van der Waals surface area contributed by atoms with Crippen LogP contribution in [0.4, 0.5) is 0 Å². The van der Waals surface area contributed by atoms with E-state index in [2.05, 4.69) is 40.2 Å². The fraction of sp³-hybridized carbons (Fsp3) is 0.455. The maximum atomic E-state index is 5.88. The molecule has 0 saturated heterocycles. The van der Waals surface area contributed by atoms with E-state index in [9.17, 15) is 0 Å². The van der Waals surface area contributed by atoms with Crippen LogP contribution >= 0.6 is 27.7 Å². The highest BCUT2D eigenvalue weighted by molar-refractivity contribution is 9.10. The van der Waals surface area contributed by atoms with Crippen molar-refractivity contribution < 1.29 is 0 Å². The fourth-order valence-electron chi connectivity index (χ4n) is 1.79. The van der Waals surface area contributed by atoms with Crippen molar-refractivity contribution in [1.29, 1.82) is 0 Å². The van der Waals surface area contributed by atoms with Crippen LogP contribution in [0.2, 0.25) is 0 Å². The summed E-state index contributed by atoms with van der Waals surface area (Å²) in [7, 11) is 0. The molecule has 2 atom stereocenters. The van der Waals surface area contributed by atoms with Gasteiger partial charge in [-0.1, -0.05) is 15.9 Å². The van der Waals surface area contributed by atoms with Crippen LogP contribution in [0.1, 0.15) is 19.3 Å². The van der Waals surface area contributed by atoms with Crippen molar-refractivity contribution in [3.05, 3.63) is 28.7 Å². The molecule has 1 aromatic carbocycles. The summed E-state index contributed by atoms with van der Waals surface area (Å²) in [5.74, 6) is 0. The Kier molecular flexibility index (Phi) is 3.52. The summed E-state index contributed by atoms with van der Waals surface area (Å²) in [6.45, 7) is 0. The number of halogens is 1. The molecule has 0 aliphatic heterocycles. The van der Waals surface area contributed by atoms with Gasteiger partial charge in [0, 0.05) is 20.7 Å². The standard InChI is InChI=1S/C11H14BrNS/c12-8-1-4-10(5-2-8)14-11-6-3-9(13)7-11/h1-2,4-5,9,11H,3,6-7,13H2. The van der Waals surface area contributed by atoms with Crippen LogP contribution in [0.5, 0.6) is 0 Å². The molecule has 0 bridgehead atoms. The van der Waals surface area contributed by atoms with Gasteiger partial charge < -0.3 is 5.73 Å². The van der Waals surface area contributed by atoms with E-state index in [4.69, 9.17) is 5.73 Å². The van der Waals surface area contributed by atoms with Crippen molar-refractivity contribution in [2.45, 2.75) is 35.4 Å². The Morgan fingerprint density at radius 1 is 1.21 bits per heavy atom. The van der Waals surface area contributed by atoms with E-state index in [1.54, 1.807) is 0 Å². The van der Waals surface area contributed by atoms with Gasteiger partial charge in [-0.25, -0.2) is 0 Å². The average Bonchev–Trinajstić information content (AvgIpc) is 2.56. The second-order valence-electron chi connectivity index (χ2n) is 3.77. The van der Waals surface area contributed by atoms with Gasteiger partial charge in [-0.3, -0.25) is 0 Å². The first kappa shape index (κ1) is 10.5. The molecule has 76 valence electrons. The quantitative estimate of drug-likeness (QED) is 0.892. The Bertz CT molecular complexity index is 299. The summed E-state index contributed by atoms with van der Waals surface area (Å²) in [6, 6.07) is 8.95. The van der Waals surface area contributed by atoms with Gasteiger partial charge in [-0.05, 0) is 43.5 Å². The lowest BCUT2D eigenvalue weighted by molar-refractivity contribution is 0.706. The lowest BCUT2D eigenvalue weighted by atomic mass is 10.3. The molecule has 14 heavy (non-hydrogen) atoms. The Hall–Kier alpha value is 0.01000. The zero-order chi connectivity index (χ0) is 9.97. The van der Waals surface area contributed by atoms with Crippen LogP contribution in [0, 0.1) is 0 Å². The van der Waals surface area contributed by atoms with Gasteiger partial charge in [0.2, 0.25) is 0 Å². The molecular formula is C11H14BrNS. The number of rotatable bonds is 2. The van der Waals surface area contributed by atoms with Crippen LogP contribution in [0.25, 0.3) is 0 Å². The zero-order valence-electron chi connectivity index (χ0n) is 7.95. The molecule has 2 rings (SSSR count). The minimum absolute atomic E-state index is 0.433. The van der Waals surface area contributed by atoms with Crippen molar-refractivity contribution in [3.8, 4) is 0 Å². The van der Waals surface area contributed by atoms with E-state index in [0.29, 0.717) is 6.04 Å². The Morgan fingerprint density at radius 2 is 1.93 bits per heavy atom. The van der Waals surface area contributed by atoms with E-state index in [-0.39, 0.29) is 0 Å². The first-order chi connectivity index (χ1) is 6.74. The lowest BCUT2D eigenvalue weighted by Gasteiger charge is -2.08. The second-order valence-corrected chi connectivity index (χ2v) is 6.06. The highest BCUT2D eigenvalue weighted by Gasteiger charge is 2.22. The molecule has 0 radical (unpaired) electrons. The molecule has 2 N–H and O–H groups in total. The van der Waals surface area contributed by atoms with E-state index in [1.807, 2.05) is 11.8 Å². The summed E-state index contributed by atoms with van der Waals surface area (Å²) >= 11 is 5.40. The van der Waals surface area contributed by atoms with Crippen molar-refractivity contribution >= 4 is 27.7 Å². The van der Waals surface area contributed by atoms with Crippen LogP contribution in [0.3, 0.4) is 0 Å². The molecule has 1 aliphatic rings. The van der Waals surface area contributed by atoms with Crippen molar-refractivity contribution in [2.75, 3.05) is 0 Å². The monoisotopic (exact) mass is 271 g/mol. The smallest absolute Gasteiger partial charge is 0.0176 e. The number of hydrogen-bond acceptors (Lipinski definition) is 2. The first-order valence-corrected chi connectivity index (χ1v) is 6.59. The maximum Gasteiger partial charge on any atom is 0.0176 e. The van der Waals surface area contributed by atoms with E-state index in [0.717, 1.165) is 9.72 Å².